The van der Waals surface area contributed by atoms with Crippen LogP contribution in [-0.2, 0) is 22.1 Å². The summed E-state index contributed by atoms with van der Waals surface area (Å²) in [6, 6.07) is 34.9. The molecule has 6 heteroatoms. The molecular formula is C37H37F2NO2Si. The van der Waals surface area contributed by atoms with Crippen molar-refractivity contribution in [1.29, 1.82) is 0 Å². The SMILES string of the molecule is CC(C)(C)[Si](OCC1CC(F)(F)C2C3=C(ON12)c1ccccc1CCc1ccccc13)(c1ccccc1)c1ccccc1. The minimum atomic E-state index is -2.99. The third kappa shape index (κ3) is 4.58. The van der Waals surface area contributed by atoms with Gasteiger partial charge in [0.25, 0.3) is 14.2 Å². The van der Waals surface area contributed by atoms with E-state index in [1.807, 2.05) is 72.8 Å². The van der Waals surface area contributed by atoms with E-state index in [2.05, 4.69) is 57.2 Å². The second-order valence-corrected chi connectivity index (χ2v) is 17.3. The maximum Gasteiger partial charge on any atom is 0.272 e. The fourth-order valence-corrected chi connectivity index (χ4v) is 12.1. The topological polar surface area (TPSA) is 21.7 Å². The van der Waals surface area contributed by atoms with E-state index in [4.69, 9.17) is 9.26 Å². The van der Waals surface area contributed by atoms with Gasteiger partial charge < -0.3 is 9.26 Å². The average molecular weight is 594 g/mol. The molecule has 43 heavy (non-hydrogen) atoms. The molecular weight excluding hydrogens is 556 g/mol. The molecule has 1 aliphatic carbocycles. The molecule has 220 valence electrons. The molecule has 4 aromatic carbocycles. The van der Waals surface area contributed by atoms with Crippen LogP contribution < -0.4 is 10.4 Å². The molecule has 0 bridgehead atoms. The molecule has 4 aromatic rings. The molecule has 0 aromatic heterocycles. The van der Waals surface area contributed by atoms with Crippen LogP contribution in [-0.4, -0.2) is 38.0 Å². The summed E-state index contributed by atoms with van der Waals surface area (Å²) in [5, 5.41) is 3.57. The Labute approximate surface area is 253 Å². The van der Waals surface area contributed by atoms with Gasteiger partial charge in [-0.2, -0.15) is 0 Å². The number of aryl methyl sites for hydroxylation is 2. The number of benzene rings is 4. The molecule has 1 fully saturated rings. The van der Waals surface area contributed by atoms with Crippen LogP contribution >= 0.6 is 0 Å². The lowest BCUT2D eigenvalue weighted by Crippen LogP contribution is -2.67. The van der Waals surface area contributed by atoms with Crippen molar-refractivity contribution in [3.63, 3.8) is 0 Å². The lowest BCUT2D eigenvalue weighted by atomic mass is 9.84. The van der Waals surface area contributed by atoms with Gasteiger partial charge in [-0.05, 0) is 44.9 Å². The van der Waals surface area contributed by atoms with Crippen LogP contribution in [0.3, 0.4) is 0 Å². The molecule has 2 aliphatic heterocycles. The van der Waals surface area contributed by atoms with Crippen molar-refractivity contribution in [2.24, 2.45) is 0 Å². The van der Waals surface area contributed by atoms with Crippen molar-refractivity contribution >= 4 is 30.0 Å². The third-order valence-electron chi connectivity index (χ3n) is 9.38. The van der Waals surface area contributed by atoms with Crippen molar-refractivity contribution in [3.05, 3.63) is 131 Å². The zero-order chi connectivity index (χ0) is 29.8. The van der Waals surface area contributed by atoms with Gasteiger partial charge in [0.2, 0.25) is 0 Å². The van der Waals surface area contributed by atoms with Gasteiger partial charge in [-0.3, -0.25) is 0 Å². The number of rotatable bonds is 5. The largest absolute Gasteiger partial charge is 0.406 e. The molecule has 0 radical (unpaired) electrons. The molecule has 0 spiro atoms. The number of fused-ring (bicyclic) bond motifs is 6. The number of hydrogen-bond acceptors (Lipinski definition) is 3. The van der Waals surface area contributed by atoms with E-state index in [0.717, 1.165) is 45.5 Å². The quantitative estimate of drug-likeness (QED) is 0.228. The monoisotopic (exact) mass is 593 g/mol. The van der Waals surface area contributed by atoms with E-state index in [0.29, 0.717) is 11.3 Å². The minimum absolute atomic E-state index is 0.142. The van der Waals surface area contributed by atoms with Crippen molar-refractivity contribution < 1.29 is 18.0 Å². The number of hydrogen-bond donors (Lipinski definition) is 0. The van der Waals surface area contributed by atoms with Gasteiger partial charge >= 0.3 is 0 Å². The maximum atomic E-state index is 16.3. The Morgan fingerprint density at radius 1 is 0.767 bits per heavy atom. The molecule has 1 saturated heterocycles. The van der Waals surface area contributed by atoms with E-state index in [-0.39, 0.29) is 18.1 Å². The summed E-state index contributed by atoms with van der Waals surface area (Å²) in [6.07, 6.45) is 1.30. The molecule has 2 unspecified atom stereocenters. The molecule has 3 nitrogen and oxygen atoms in total. The summed E-state index contributed by atoms with van der Waals surface area (Å²) >= 11 is 0. The standard InChI is InChI=1S/C37H37F2NO2Si/c1-36(2,3)43(29-16-6-4-7-17-29,30-18-8-5-9-19-30)41-25-28-24-37(38,39)35-33-31-20-12-10-14-26(31)22-23-27-15-11-13-21-32(27)34(33)42-40(28)35/h4-21,28,35H,22-25H2,1-3H3. The maximum absolute atomic E-state index is 16.3. The Kier molecular flexibility index (Phi) is 6.92. The smallest absolute Gasteiger partial charge is 0.272 e. The predicted octanol–water partition coefficient (Wildman–Crippen LogP) is 7.25. The summed E-state index contributed by atoms with van der Waals surface area (Å²) in [6.45, 7) is 6.76. The average Bonchev–Trinajstić information content (AvgIpc) is 3.51. The molecule has 0 saturated carbocycles. The second-order valence-electron chi connectivity index (χ2n) is 13.0. The van der Waals surface area contributed by atoms with Crippen LogP contribution in [0.15, 0.2) is 109 Å². The lowest BCUT2D eigenvalue weighted by Gasteiger charge is -2.43. The van der Waals surface area contributed by atoms with E-state index >= 15 is 8.78 Å². The number of alkyl halides is 2. The summed E-state index contributed by atoms with van der Waals surface area (Å²) in [5.74, 6) is -2.43. The first-order valence-corrected chi connectivity index (χ1v) is 17.1. The molecule has 7 rings (SSSR count). The van der Waals surface area contributed by atoms with Gasteiger partial charge in [0.1, 0.15) is 6.04 Å². The third-order valence-corrected chi connectivity index (χ3v) is 14.4. The summed E-state index contributed by atoms with van der Waals surface area (Å²) in [4.78, 5) is 6.59. The predicted molar refractivity (Wildman–Crippen MR) is 171 cm³/mol. The van der Waals surface area contributed by atoms with Gasteiger partial charge in [0, 0.05) is 17.6 Å². The Balaban J connectivity index is 1.30. The van der Waals surface area contributed by atoms with Crippen molar-refractivity contribution in [2.45, 2.75) is 63.1 Å². The fourth-order valence-electron chi connectivity index (χ4n) is 7.47. The number of nitrogens with zero attached hydrogens (tertiary/aromatic N) is 1. The van der Waals surface area contributed by atoms with Crippen molar-refractivity contribution in [1.82, 2.24) is 5.06 Å². The van der Waals surface area contributed by atoms with Gasteiger partial charge in [-0.15, -0.1) is 5.06 Å². The molecule has 0 amide bonds. The number of hydroxylamine groups is 2. The minimum Gasteiger partial charge on any atom is -0.406 e. The van der Waals surface area contributed by atoms with Crippen LogP contribution in [0.25, 0.3) is 11.3 Å². The van der Waals surface area contributed by atoms with Crippen LogP contribution in [0.1, 0.15) is 49.4 Å². The van der Waals surface area contributed by atoms with Gasteiger partial charge in [-0.25, -0.2) is 8.78 Å². The van der Waals surface area contributed by atoms with Crippen LogP contribution in [0.5, 0.6) is 0 Å². The van der Waals surface area contributed by atoms with Crippen molar-refractivity contribution in [3.8, 4) is 0 Å². The molecule has 3 aliphatic rings. The lowest BCUT2D eigenvalue weighted by molar-refractivity contribution is -0.129. The number of halogens is 2. The zero-order valence-corrected chi connectivity index (χ0v) is 25.9. The van der Waals surface area contributed by atoms with E-state index in [1.54, 1.807) is 5.06 Å². The van der Waals surface area contributed by atoms with Gasteiger partial charge in [0.15, 0.2) is 5.76 Å². The zero-order valence-electron chi connectivity index (χ0n) is 24.9. The van der Waals surface area contributed by atoms with Crippen LogP contribution in [0, 0.1) is 0 Å². The molecule has 0 N–H and O–H groups in total. The Hall–Kier alpha value is -3.58. The Bertz CT molecular complexity index is 1630. The van der Waals surface area contributed by atoms with Gasteiger partial charge in [0.05, 0.1) is 12.6 Å². The van der Waals surface area contributed by atoms with E-state index in [1.165, 1.54) is 0 Å². The fraction of sp³-hybridized carbons (Fsp3) is 0.297. The van der Waals surface area contributed by atoms with Gasteiger partial charge in [-0.1, -0.05) is 130 Å². The highest BCUT2D eigenvalue weighted by atomic mass is 28.4. The Morgan fingerprint density at radius 2 is 1.28 bits per heavy atom. The highest BCUT2D eigenvalue weighted by Gasteiger charge is 2.62. The molecule has 2 atom stereocenters. The first-order valence-electron chi connectivity index (χ1n) is 15.2. The summed E-state index contributed by atoms with van der Waals surface area (Å²) < 4.78 is 39.8. The van der Waals surface area contributed by atoms with Crippen LogP contribution in [0.2, 0.25) is 5.04 Å². The summed E-state index contributed by atoms with van der Waals surface area (Å²) in [7, 11) is -2.92. The molecule has 2 heterocycles. The summed E-state index contributed by atoms with van der Waals surface area (Å²) in [5.41, 5.74) is 4.57. The first kappa shape index (κ1) is 28.2. The van der Waals surface area contributed by atoms with E-state index in [9.17, 15) is 0 Å². The van der Waals surface area contributed by atoms with E-state index < -0.39 is 26.3 Å². The van der Waals surface area contributed by atoms with Crippen LogP contribution in [0.4, 0.5) is 8.78 Å². The normalized spacial score (nSPS) is 21.2. The highest BCUT2D eigenvalue weighted by Crippen LogP contribution is 2.54. The second kappa shape index (κ2) is 10.5. The first-order chi connectivity index (χ1) is 20.7. The highest BCUT2D eigenvalue weighted by molar-refractivity contribution is 6.99. The Morgan fingerprint density at radius 3 is 1.86 bits per heavy atom. The van der Waals surface area contributed by atoms with Crippen molar-refractivity contribution in [2.75, 3.05) is 6.61 Å².